The average Bonchev–Trinajstić information content (AvgIpc) is 3.06. The summed E-state index contributed by atoms with van der Waals surface area (Å²) in [5.41, 5.74) is 3.44. The molecule has 0 saturated heterocycles. The first-order chi connectivity index (χ1) is 12.4. The maximum absolute atomic E-state index is 12.6. The van der Waals surface area contributed by atoms with Gasteiger partial charge in [0, 0.05) is 18.4 Å². The van der Waals surface area contributed by atoms with Crippen LogP contribution in [0.1, 0.15) is 11.3 Å². The highest BCUT2D eigenvalue weighted by atomic mass is 32.2. The first-order valence-electron chi connectivity index (χ1n) is 7.84. The molecule has 1 aromatic heterocycles. The quantitative estimate of drug-likeness (QED) is 0.710. The monoisotopic (exact) mass is 377 g/mol. The number of para-hydroxylation sites is 1. The van der Waals surface area contributed by atoms with Crippen molar-refractivity contribution in [2.75, 3.05) is 5.32 Å². The third kappa shape index (κ3) is 3.75. The highest BCUT2D eigenvalue weighted by molar-refractivity contribution is 7.91. The van der Waals surface area contributed by atoms with Gasteiger partial charge in [0.1, 0.15) is 0 Å². The van der Waals surface area contributed by atoms with Gasteiger partial charge in [-0.3, -0.25) is 0 Å². The SMILES string of the molecule is Cc1ccn(-c2ccccc2CNc2ccc(S(=O)(=O)C(F)F)cc2)n1. The van der Waals surface area contributed by atoms with E-state index >= 15 is 0 Å². The number of nitrogens with one attached hydrogen (secondary N) is 1. The van der Waals surface area contributed by atoms with Crippen molar-refractivity contribution in [1.29, 1.82) is 0 Å². The summed E-state index contributed by atoms with van der Waals surface area (Å²) in [6.07, 6.45) is 1.87. The van der Waals surface area contributed by atoms with Gasteiger partial charge in [0.05, 0.1) is 16.3 Å². The number of sulfone groups is 1. The number of nitrogens with zero attached hydrogens (tertiary/aromatic N) is 2. The second kappa shape index (κ2) is 7.25. The molecule has 0 spiro atoms. The van der Waals surface area contributed by atoms with Crippen molar-refractivity contribution >= 4 is 15.5 Å². The molecule has 0 saturated carbocycles. The van der Waals surface area contributed by atoms with Crippen LogP contribution in [0.5, 0.6) is 0 Å². The number of rotatable bonds is 6. The van der Waals surface area contributed by atoms with E-state index in [-0.39, 0.29) is 0 Å². The molecule has 8 heteroatoms. The molecular formula is C18H17F2N3O2S. The summed E-state index contributed by atoms with van der Waals surface area (Å²) >= 11 is 0. The lowest BCUT2D eigenvalue weighted by molar-refractivity contribution is 0.234. The minimum absolute atomic E-state index is 0.398. The zero-order valence-corrected chi connectivity index (χ0v) is 14.7. The van der Waals surface area contributed by atoms with E-state index in [1.165, 1.54) is 24.3 Å². The summed E-state index contributed by atoms with van der Waals surface area (Å²) in [6, 6.07) is 14.9. The van der Waals surface area contributed by atoms with E-state index in [9.17, 15) is 17.2 Å². The Morgan fingerprint density at radius 2 is 1.77 bits per heavy atom. The van der Waals surface area contributed by atoms with Crippen LogP contribution in [0.4, 0.5) is 14.5 Å². The van der Waals surface area contributed by atoms with Crippen molar-refractivity contribution in [2.45, 2.75) is 24.1 Å². The second-order valence-electron chi connectivity index (χ2n) is 5.71. The van der Waals surface area contributed by atoms with Crippen LogP contribution in [0.2, 0.25) is 0 Å². The van der Waals surface area contributed by atoms with Gasteiger partial charge in [0.2, 0.25) is 9.84 Å². The van der Waals surface area contributed by atoms with Gasteiger partial charge >= 0.3 is 5.76 Å². The van der Waals surface area contributed by atoms with E-state index in [4.69, 9.17) is 0 Å². The average molecular weight is 377 g/mol. The molecule has 2 aromatic carbocycles. The molecule has 0 amide bonds. The number of aromatic nitrogens is 2. The van der Waals surface area contributed by atoms with Gasteiger partial charge in [-0.15, -0.1) is 0 Å². The molecule has 0 unspecified atom stereocenters. The van der Waals surface area contributed by atoms with Gasteiger partial charge in [-0.25, -0.2) is 13.1 Å². The van der Waals surface area contributed by atoms with E-state index in [1.807, 2.05) is 43.5 Å². The molecule has 5 nitrogen and oxygen atoms in total. The van der Waals surface area contributed by atoms with Crippen molar-refractivity contribution in [3.8, 4) is 5.69 Å². The molecule has 0 aliphatic rings. The predicted molar refractivity (Wildman–Crippen MR) is 95.3 cm³/mol. The number of alkyl halides is 2. The van der Waals surface area contributed by atoms with Gasteiger partial charge in [0.15, 0.2) is 0 Å². The standard InChI is InChI=1S/C18H17F2N3O2S/c1-13-10-11-23(22-13)17-5-3-2-4-14(17)12-21-15-6-8-16(9-7-15)26(24,25)18(19)20/h2-11,18,21H,12H2,1H3. The second-order valence-corrected chi connectivity index (χ2v) is 7.63. The molecule has 136 valence electrons. The number of hydrogen-bond acceptors (Lipinski definition) is 4. The molecule has 3 aromatic rings. The zero-order valence-electron chi connectivity index (χ0n) is 13.9. The summed E-state index contributed by atoms with van der Waals surface area (Å²) in [7, 11) is -4.57. The molecule has 0 bridgehead atoms. The first-order valence-corrected chi connectivity index (χ1v) is 9.39. The van der Waals surface area contributed by atoms with Crippen molar-refractivity contribution in [1.82, 2.24) is 9.78 Å². The van der Waals surface area contributed by atoms with E-state index in [0.29, 0.717) is 12.2 Å². The van der Waals surface area contributed by atoms with Crippen molar-refractivity contribution in [2.24, 2.45) is 0 Å². The Balaban J connectivity index is 1.76. The highest BCUT2D eigenvalue weighted by Gasteiger charge is 2.26. The van der Waals surface area contributed by atoms with E-state index in [2.05, 4.69) is 10.4 Å². The minimum Gasteiger partial charge on any atom is -0.381 e. The maximum atomic E-state index is 12.6. The summed E-state index contributed by atoms with van der Waals surface area (Å²) in [4.78, 5) is -0.398. The van der Waals surface area contributed by atoms with Gasteiger partial charge in [0.25, 0.3) is 0 Å². The van der Waals surface area contributed by atoms with Crippen LogP contribution >= 0.6 is 0 Å². The van der Waals surface area contributed by atoms with Crippen LogP contribution in [0, 0.1) is 6.92 Å². The third-order valence-electron chi connectivity index (χ3n) is 3.86. The van der Waals surface area contributed by atoms with Gasteiger partial charge < -0.3 is 5.32 Å². The van der Waals surface area contributed by atoms with Crippen LogP contribution in [0.3, 0.4) is 0 Å². The number of halogens is 2. The summed E-state index contributed by atoms with van der Waals surface area (Å²) in [5, 5.41) is 7.57. The van der Waals surface area contributed by atoms with Gasteiger partial charge in [-0.1, -0.05) is 18.2 Å². The lowest BCUT2D eigenvalue weighted by Crippen LogP contribution is -2.11. The number of anilines is 1. The molecular weight excluding hydrogens is 360 g/mol. The Bertz CT molecular complexity index is 999. The summed E-state index contributed by atoms with van der Waals surface area (Å²) in [6.45, 7) is 2.38. The van der Waals surface area contributed by atoms with E-state index < -0.39 is 20.5 Å². The maximum Gasteiger partial charge on any atom is 0.341 e. The van der Waals surface area contributed by atoms with Gasteiger partial charge in [-0.2, -0.15) is 13.9 Å². The lowest BCUT2D eigenvalue weighted by atomic mass is 10.1. The van der Waals surface area contributed by atoms with Crippen LogP contribution in [-0.4, -0.2) is 24.0 Å². The molecule has 0 aliphatic heterocycles. The smallest absolute Gasteiger partial charge is 0.341 e. The van der Waals surface area contributed by atoms with Crippen molar-refractivity contribution < 1.29 is 17.2 Å². The molecule has 1 N–H and O–H groups in total. The fraction of sp³-hybridized carbons (Fsp3) is 0.167. The molecule has 1 heterocycles. The van der Waals surface area contributed by atoms with Crippen LogP contribution < -0.4 is 5.32 Å². The van der Waals surface area contributed by atoms with Gasteiger partial charge in [-0.05, 0) is 48.9 Å². The number of aryl methyl sites for hydroxylation is 1. The fourth-order valence-corrected chi connectivity index (χ4v) is 3.22. The van der Waals surface area contributed by atoms with Crippen LogP contribution in [0.25, 0.3) is 5.69 Å². The summed E-state index contributed by atoms with van der Waals surface area (Å²) < 4.78 is 49.8. The van der Waals surface area contributed by atoms with E-state index in [0.717, 1.165) is 16.9 Å². The Kier molecular flexibility index (Phi) is 5.03. The first kappa shape index (κ1) is 18.1. The van der Waals surface area contributed by atoms with E-state index in [1.54, 1.807) is 4.68 Å². The molecule has 26 heavy (non-hydrogen) atoms. The zero-order chi connectivity index (χ0) is 18.7. The number of benzene rings is 2. The molecule has 3 rings (SSSR count). The van der Waals surface area contributed by atoms with Crippen molar-refractivity contribution in [3.05, 3.63) is 72.1 Å². The topological polar surface area (TPSA) is 64.0 Å². The molecule has 0 atom stereocenters. The Morgan fingerprint density at radius 3 is 2.38 bits per heavy atom. The Labute approximate surface area is 150 Å². The lowest BCUT2D eigenvalue weighted by Gasteiger charge is -2.12. The normalized spacial score (nSPS) is 11.7. The largest absolute Gasteiger partial charge is 0.381 e. The highest BCUT2D eigenvalue weighted by Crippen LogP contribution is 2.21. The predicted octanol–water partition coefficient (Wildman–Crippen LogP) is 3.79. The molecule has 0 aliphatic carbocycles. The minimum atomic E-state index is -4.57. The number of hydrogen-bond donors (Lipinski definition) is 1. The van der Waals surface area contributed by atoms with Crippen molar-refractivity contribution in [3.63, 3.8) is 0 Å². The molecule has 0 radical (unpaired) electrons. The van der Waals surface area contributed by atoms with Crippen LogP contribution in [0.15, 0.2) is 65.7 Å². The fourth-order valence-electron chi connectivity index (χ4n) is 2.50. The Hall–Kier alpha value is -2.74. The Morgan fingerprint density at radius 1 is 1.08 bits per heavy atom. The van der Waals surface area contributed by atoms with Crippen LogP contribution in [-0.2, 0) is 16.4 Å². The molecule has 0 fully saturated rings. The third-order valence-corrected chi connectivity index (χ3v) is 5.26. The summed E-state index contributed by atoms with van der Waals surface area (Å²) in [5.74, 6) is -3.43.